The van der Waals surface area contributed by atoms with E-state index in [-0.39, 0.29) is 6.61 Å². The Labute approximate surface area is 169 Å². The SMILES string of the molecule is C[C@@]1(O)CC[C@@]2(C)[C@@H](CC[C@@H]3[C@@H]2CC[C@]2(C)C(c4cc(CO)on4)CC[C@@H]32)C1. The molecule has 156 valence electrons. The highest BCUT2D eigenvalue weighted by Crippen LogP contribution is 2.69. The number of rotatable bonds is 2. The monoisotopic (exact) mass is 387 g/mol. The van der Waals surface area contributed by atoms with E-state index < -0.39 is 5.60 Å². The smallest absolute Gasteiger partial charge is 0.162 e. The number of aliphatic hydroxyl groups excluding tert-OH is 1. The quantitative estimate of drug-likeness (QED) is 0.746. The Morgan fingerprint density at radius 2 is 1.79 bits per heavy atom. The van der Waals surface area contributed by atoms with Gasteiger partial charge in [-0.1, -0.05) is 19.0 Å². The summed E-state index contributed by atoms with van der Waals surface area (Å²) in [6.45, 7) is 7.06. The van der Waals surface area contributed by atoms with Gasteiger partial charge in [-0.3, -0.25) is 0 Å². The fourth-order valence-corrected chi connectivity index (χ4v) is 8.48. The predicted octanol–water partition coefficient (Wildman–Crippen LogP) is 5.04. The van der Waals surface area contributed by atoms with Crippen LogP contribution in [0.3, 0.4) is 0 Å². The van der Waals surface area contributed by atoms with Crippen LogP contribution in [0.25, 0.3) is 0 Å². The first kappa shape index (κ1) is 19.1. The van der Waals surface area contributed by atoms with E-state index in [0.29, 0.717) is 28.4 Å². The number of nitrogens with zero attached hydrogens (tertiary/aromatic N) is 1. The lowest BCUT2D eigenvalue weighted by atomic mass is 9.44. The van der Waals surface area contributed by atoms with E-state index in [4.69, 9.17) is 4.52 Å². The number of aliphatic hydroxyl groups is 2. The summed E-state index contributed by atoms with van der Waals surface area (Å²) in [5.41, 5.74) is 1.35. The van der Waals surface area contributed by atoms with Crippen molar-refractivity contribution in [2.24, 2.45) is 34.5 Å². The largest absolute Gasteiger partial charge is 0.390 e. The number of aromatic nitrogens is 1. The Balaban J connectivity index is 1.41. The van der Waals surface area contributed by atoms with E-state index in [1.807, 2.05) is 6.07 Å². The van der Waals surface area contributed by atoms with E-state index in [1.54, 1.807) is 0 Å². The molecule has 0 saturated heterocycles. The molecule has 0 aliphatic heterocycles. The van der Waals surface area contributed by atoms with Gasteiger partial charge in [-0.15, -0.1) is 0 Å². The highest BCUT2D eigenvalue weighted by Gasteiger charge is 2.61. The van der Waals surface area contributed by atoms with Gasteiger partial charge < -0.3 is 14.7 Å². The van der Waals surface area contributed by atoms with Gasteiger partial charge in [-0.2, -0.15) is 0 Å². The van der Waals surface area contributed by atoms with Gasteiger partial charge in [0.2, 0.25) is 0 Å². The average Bonchev–Trinajstić information content (AvgIpc) is 3.25. The highest BCUT2D eigenvalue weighted by molar-refractivity contribution is 5.20. The summed E-state index contributed by atoms with van der Waals surface area (Å²) in [6.07, 6.45) is 10.9. The number of fused-ring (bicyclic) bond motifs is 5. The summed E-state index contributed by atoms with van der Waals surface area (Å²) in [5.74, 6) is 4.20. The van der Waals surface area contributed by atoms with Crippen molar-refractivity contribution in [1.82, 2.24) is 5.16 Å². The van der Waals surface area contributed by atoms with Gasteiger partial charge in [-0.05, 0) is 99.2 Å². The molecule has 0 amide bonds. The Morgan fingerprint density at radius 3 is 2.54 bits per heavy atom. The maximum absolute atomic E-state index is 10.7. The van der Waals surface area contributed by atoms with Crippen molar-refractivity contribution in [3.63, 3.8) is 0 Å². The summed E-state index contributed by atoms with van der Waals surface area (Å²) in [4.78, 5) is 0. The third-order valence-electron chi connectivity index (χ3n) is 10.0. The van der Waals surface area contributed by atoms with Crippen molar-refractivity contribution in [3.8, 4) is 0 Å². The zero-order valence-electron chi connectivity index (χ0n) is 17.8. The van der Waals surface area contributed by atoms with Gasteiger partial charge in [0, 0.05) is 12.0 Å². The number of hydrogen-bond acceptors (Lipinski definition) is 4. The molecule has 1 unspecified atom stereocenters. The third kappa shape index (κ3) is 2.66. The summed E-state index contributed by atoms with van der Waals surface area (Å²) in [7, 11) is 0. The summed E-state index contributed by atoms with van der Waals surface area (Å²) >= 11 is 0. The van der Waals surface area contributed by atoms with Crippen molar-refractivity contribution >= 4 is 0 Å². The average molecular weight is 388 g/mol. The predicted molar refractivity (Wildman–Crippen MR) is 108 cm³/mol. The van der Waals surface area contributed by atoms with Crippen molar-refractivity contribution in [2.45, 2.75) is 96.7 Å². The minimum Gasteiger partial charge on any atom is -0.390 e. The molecule has 28 heavy (non-hydrogen) atoms. The molecule has 4 aliphatic rings. The molecule has 4 heteroatoms. The van der Waals surface area contributed by atoms with Crippen LogP contribution in [0.4, 0.5) is 0 Å². The molecule has 0 aromatic carbocycles. The Hall–Kier alpha value is -0.870. The Kier molecular flexibility index (Phi) is 4.31. The molecule has 4 fully saturated rings. The summed E-state index contributed by atoms with van der Waals surface area (Å²) < 4.78 is 5.34. The van der Waals surface area contributed by atoms with Crippen LogP contribution in [0.2, 0.25) is 0 Å². The molecule has 1 aromatic heterocycles. The topological polar surface area (TPSA) is 66.5 Å². The molecule has 0 bridgehead atoms. The molecule has 4 saturated carbocycles. The van der Waals surface area contributed by atoms with Crippen molar-refractivity contribution in [3.05, 3.63) is 17.5 Å². The lowest BCUT2D eigenvalue weighted by Crippen LogP contribution is -2.55. The normalized spacial score (nSPS) is 50.7. The summed E-state index contributed by atoms with van der Waals surface area (Å²) in [6, 6.07) is 1.99. The standard InChI is InChI=1S/C24H37NO3/c1-22(27)10-11-23(2)15(13-22)4-5-17-18-6-7-20(21-12-16(14-26)28-25-21)24(18,3)9-8-19(17)23/h12,15,17-20,26-27H,4-11,13-14H2,1-3H3/t15-,17-,18-,19-,20?,22+,23-,24-/m0/s1. The second-order valence-electron chi connectivity index (χ2n) is 11.4. The maximum atomic E-state index is 10.7. The molecular formula is C24H37NO3. The van der Waals surface area contributed by atoms with Crippen LogP contribution in [0, 0.1) is 34.5 Å². The lowest BCUT2D eigenvalue weighted by molar-refractivity contribution is -0.143. The first-order valence-corrected chi connectivity index (χ1v) is 11.6. The minimum absolute atomic E-state index is 0.0614. The van der Waals surface area contributed by atoms with Gasteiger partial charge >= 0.3 is 0 Å². The van der Waals surface area contributed by atoms with E-state index in [2.05, 4.69) is 25.9 Å². The van der Waals surface area contributed by atoms with Crippen LogP contribution in [-0.4, -0.2) is 21.0 Å². The van der Waals surface area contributed by atoms with E-state index in [9.17, 15) is 10.2 Å². The van der Waals surface area contributed by atoms with Crippen molar-refractivity contribution in [2.75, 3.05) is 0 Å². The van der Waals surface area contributed by atoms with Crippen LogP contribution >= 0.6 is 0 Å². The van der Waals surface area contributed by atoms with E-state index in [1.165, 1.54) is 44.9 Å². The van der Waals surface area contributed by atoms with Crippen LogP contribution in [0.1, 0.15) is 95.9 Å². The molecule has 4 nitrogen and oxygen atoms in total. The molecule has 8 atom stereocenters. The minimum atomic E-state index is -0.448. The van der Waals surface area contributed by atoms with Gasteiger partial charge in [0.15, 0.2) is 5.76 Å². The first-order chi connectivity index (χ1) is 13.3. The van der Waals surface area contributed by atoms with Gasteiger partial charge in [0.1, 0.15) is 6.61 Å². The molecule has 1 aromatic rings. The van der Waals surface area contributed by atoms with Crippen molar-refractivity contribution in [1.29, 1.82) is 0 Å². The maximum Gasteiger partial charge on any atom is 0.162 e. The van der Waals surface area contributed by atoms with Crippen LogP contribution in [-0.2, 0) is 6.61 Å². The van der Waals surface area contributed by atoms with Gasteiger partial charge in [0.05, 0.1) is 11.3 Å². The molecule has 2 N–H and O–H groups in total. The van der Waals surface area contributed by atoms with Gasteiger partial charge in [-0.25, -0.2) is 0 Å². The molecule has 5 rings (SSSR count). The molecule has 4 aliphatic carbocycles. The highest BCUT2D eigenvalue weighted by atomic mass is 16.5. The van der Waals surface area contributed by atoms with E-state index in [0.717, 1.165) is 36.3 Å². The lowest BCUT2D eigenvalue weighted by Gasteiger charge is -2.61. The molecule has 0 spiro atoms. The fourth-order valence-electron chi connectivity index (χ4n) is 8.48. The van der Waals surface area contributed by atoms with E-state index >= 15 is 0 Å². The second-order valence-corrected chi connectivity index (χ2v) is 11.4. The number of hydrogen-bond donors (Lipinski definition) is 2. The Morgan fingerprint density at radius 1 is 1.00 bits per heavy atom. The fraction of sp³-hybridized carbons (Fsp3) is 0.875. The second kappa shape index (κ2) is 6.31. The summed E-state index contributed by atoms with van der Waals surface area (Å²) in [5, 5.41) is 24.4. The first-order valence-electron chi connectivity index (χ1n) is 11.6. The third-order valence-corrected chi connectivity index (χ3v) is 10.0. The van der Waals surface area contributed by atoms with Gasteiger partial charge in [0.25, 0.3) is 0 Å². The Bertz CT molecular complexity index is 742. The van der Waals surface area contributed by atoms with Crippen molar-refractivity contribution < 1.29 is 14.7 Å². The van der Waals surface area contributed by atoms with Crippen LogP contribution in [0.5, 0.6) is 0 Å². The van der Waals surface area contributed by atoms with Crippen LogP contribution in [0.15, 0.2) is 10.6 Å². The van der Waals surface area contributed by atoms with Crippen LogP contribution < -0.4 is 0 Å². The molecule has 0 radical (unpaired) electrons. The zero-order chi connectivity index (χ0) is 19.7. The zero-order valence-corrected chi connectivity index (χ0v) is 17.8. The molecular weight excluding hydrogens is 350 g/mol. The molecule has 1 heterocycles.